The van der Waals surface area contributed by atoms with Crippen LogP contribution in [0, 0.1) is 0 Å². The van der Waals surface area contributed by atoms with Crippen molar-refractivity contribution in [2.45, 2.75) is 20.3 Å². The summed E-state index contributed by atoms with van der Waals surface area (Å²) >= 11 is 0. The molecular weight excluding hydrogens is 142 g/mol. The van der Waals surface area contributed by atoms with Crippen LogP contribution >= 0.6 is 0 Å². The highest BCUT2D eigenvalue weighted by Crippen LogP contribution is 1.83. The van der Waals surface area contributed by atoms with Crippen LogP contribution < -0.4 is 0 Å². The van der Waals surface area contributed by atoms with Crippen molar-refractivity contribution in [2.75, 3.05) is 33.4 Å². The van der Waals surface area contributed by atoms with Gasteiger partial charge in [0.2, 0.25) is 0 Å². The average Bonchev–Trinajstić information content (AvgIpc) is 2.05. The van der Waals surface area contributed by atoms with Gasteiger partial charge in [-0.2, -0.15) is 0 Å². The van der Waals surface area contributed by atoms with E-state index in [4.69, 9.17) is 10.2 Å². The van der Waals surface area contributed by atoms with E-state index in [-0.39, 0.29) is 13.2 Å². The third kappa shape index (κ3) is 13.0. The molecule has 0 rings (SSSR count). The summed E-state index contributed by atoms with van der Waals surface area (Å²) in [7, 11) is 1.92. The van der Waals surface area contributed by atoms with Crippen molar-refractivity contribution in [3.63, 3.8) is 0 Å². The van der Waals surface area contributed by atoms with Gasteiger partial charge in [0.25, 0.3) is 0 Å². The molecular formula is C8H21NO2. The summed E-state index contributed by atoms with van der Waals surface area (Å²) in [5.41, 5.74) is 0. The summed E-state index contributed by atoms with van der Waals surface area (Å²) in [6.45, 7) is 5.98. The van der Waals surface area contributed by atoms with Gasteiger partial charge in [0.05, 0.1) is 6.61 Å². The summed E-state index contributed by atoms with van der Waals surface area (Å²) in [5.74, 6) is 0. The van der Waals surface area contributed by atoms with Crippen molar-refractivity contribution in [3.05, 3.63) is 0 Å². The second-order valence-electron chi connectivity index (χ2n) is 2.10. The molecule has 0 heterocycles. The Hall–Kier alpha value is -0.120. The van der Waals surface area contributed by atoms with Crippen LogP contribution in [0.2, 0.25) is 0 Å². The topological polar surface area (TPSA) is 43.7 Å². The van der Waals surface area contributed by atoms with E-state index in [1.165, 1.54) is 0 Å². The molecule has 0 saturated carbocycles. The molecule has 0 aromatic rings. The molecule has 70 valence electrons. The number of hydrogen-bond donors (Lipinski definition) is 2. The number of aliphatic hydroxyl groups excluding tert-OH is 2. The Morgan fingerprint density at radius 2 is 1.55 bits per heavy atom. The number of nitrogens with zero attached hydrogens (tertiary/aromatic N) is 1. The SMILES string of the molecule is CC.CN(CCO)CCCO. The maximum Gasteiger partial charge on any atom is 0.0558 e. The smallest absolute Gasteiger partial charge is 0.0558 e. The third-order valence-electron chi connectivity index (χ3n) is 1.18. The van der Waals surface area contributed by atoms with Crippen molar-refractivity contribution < 1.29 is 10.2 Å². The van der Waals surface area contributed by atoms with Crippen LogP contribution in [0.4, 0.5) is 0 Å². The van der Waals surface area contributed by atoms with Gasteiger partial charge >= 0.3 is 0 Å². The second-order valence-corrected chi connectivity index (χ2v) is 2.10. The lowest BCUT2D eigenvalue weighted by Crippen LogP contribution is -2.23. The average molecular weight is 163 g/mol. The van der Waals surface area contributed by atoms with E-state index in [0.717, 1.165) is 13.0 Å². The first-order valence-corrected chi connectivity index (χ1v) is 4.21. The largest absolute Gasteiger partial charge is 0.396 e. The van der Waals surface area contributed by atoms with Gasteiger partial charge in [0.1, 0.15) is 0 Å². The Balaban J connectivity index is 0. The fourth-order valence-corrected chi connectivity index (χ4v) is 0.623. The van der Waals surface area contributed by atoms with Gasteiger partial charge in [0.15, 0.2) is 0 Å². The highest BCUT2D eigenvalue weighted by Gasteiger charge is 1.93. The molecule has 0 saturated heterocycles. The van der Waals surface area contributed by atoms with E-state index in [1.807, 2.05) is 25.8 Å². The minimum atomic E-state index is 0.196. The van der Waals surface area contributed by atoms with E-state index in [0.29, 0.717) is 6.54 Å². The van der Waals surface area contributed by atoms with Crippen LogP contribution in [-0.2, 0) is 0 Å². The van der Waals surface area contributed by atoms with Gasteiger partial charge in [-0.3, -0.25) is 0 Å². The summed E-state index contributed by atoms with van der Waals surface area (Å²) in [6.07, 6.45) is 0.788. The van der Waals surface area contributed by atoms with Crippen LogP contribution in [-0.4, -0.2) is 48.5 Å². The van der Waals surface area contributed by atoms with E-state index < -0.39 is 0 Å². The van der Waals surface area contributed by atoms with Gasteiger partial charge in [-0.15, -0.1) is 0 Å². The molecule has 11 heavy (non-hydrogen) atoms. The van der Waals surface area contributed by atoms with Gasteiger partial charge in [-0.25, -0.2) is 0 Å². The lowest BCUT2D eigenvalue weighted by atomic mass is 10.4. The first kappa shape index (κ1) is 13.5. The van der Waals surface area contributed by atoms with Gasteiger partial charge in [-0.1, -0.05) is 13.8 Å². The van der Waals surface area contributed by atoms with Crippen LogP contribution in [0.3, 0.4) is 0 Å². The highest BCUT2D eigenvalue weighted by atomic mass is 16.3. The summed E-state index contributed by atoms with van der Waals surface area (Å²) in [5, 5.41) is 16.8. The zero-order valence-electron chi connectivity index (χ0n) is 7.88. The van der Waals surface area contributed by atoms with Crippen molar-refractivity contribution >= 4 is 0 Å². The molecule has 0 aromatic carbocycles. The predicted octanol–water partition coefficient (Wildman–Crippen LogP) is 0.319. The van der Waals surface area contributed by atoms with Crippen molar-refractivity contribution in [3.8, 4) is 0 Å². The van der Waals surface area contributed by atoms with Crippen molar-refractivity contribution in [2.24, 2.45) is 0 Å². The minimum Gasteiger partial charge on any atom is -0.396 e. The molecule has 0 spiro atoms. The fraction of sp³-hybridized carbons (Fsp3) is 1.00. The fourth-order valence-electron chi connectivity index (χ4n) is 0.623. The molecule has 0 aromatic heterocycles. The number of hydrogen-bond acceptors (Lipinski definition) is 3. The second kappa shape index (κ2) is 12.5. The molecule has 0 unspecified atom stereocenters. The van der Waals surface area contributed by atoms with E-state index in [2.05, 4.69) is 0 Å². The molecule has 0 aliphatic rings. The zero-order chi connectivity index (χ0) is 9.11. The number of likely N-dealkylation sites (N-methyl/N-ethyl adjacent to an activating group) is 1. The van der Waals surface area contributed by atoms with Gasteiger partial charge < -0.3 is 15.1 Å². The molecule has 0 aliphatic heterocycles. The van der Waals surface area contributed by atoms with Crippen LogP contribution in [0.1, 0.15) is 20.3 Å². The molecule has 0 bridgehead atoms. The molecule has 0 fully saturated rings. The normalized spacial score (nSPS) is 9.27. The highest BCUT2D eigenvalue weighted by molar-refractivity contribution is 4.47. The monoisotopic (exact) mass is 163 g/mol. The summed E-state index contributed by atoms with van der Waals surface area (Å²) < 4.78 is 0. The van der Waals surface area contributed by atoms with E-state index in [1.54, 1.807) is 0 Å². The Labute approximate surface area is 69.6 Å². The Morgan fingerprint density at radius 1 is 1.00 bits per heavy atom. The Kier molecular flexibility index (Phi) is 15.4. The van der Waals surface area contributed by atoms with Crippen molar-refractivity contribution in [1.29, 1.82) is 0 Å². The summed E-state index contributed by atoms with van der Waals surface area (Å²) in [4.78, 5) is 1.98. The zero-order valence-corrected chi connectivity index (χ0v) is 7.88. The van der Waals surface area contributed by atoms with Crippen molar-refractivity contribution in [1.82, 2.24) is 4.90 Å². The number of rotatable bonds is 5. The Bertz CT molecular complexity index is 60.1. The molecule has 0 radical (unpaired) electrons. The third-order valence-corrected chi connectivity index (χ3v) is 1.18. The molecule has 0 aliphatic carbocycles. The minimum absolute atomic E-state index is 0.196. The molecule has 0 amide bonds. The van der Waals surface area contributed by atoms with E-state index >= 15 is 0 Å². The molecule has 3 heteroatoms. The van der Waals surface area contributed by atoms with Crippen LogP contribution in [0.5, 0.6) is 0 Å². The van der Waals surface area contributed by atoms with Crippen LogP contribution in [0.25, 0.3) is 0 Å². The van der Waals surface area contributed by atoms with Gasteiger partial charge in [0, 0.05) is 19.7 Å². The lowest BCUT2D eigenvalue weighted by Gasteiger charge is -2.12. The first-order valence-electron chi connectivity index (χ1n) is 4.21. The maximum atomic E-state index is 8.43. The maximum absolute atomic E-state index is 8.43. The Morgan fingerprint density at radius 3 is 1.91 bits per heavy atom. The number of aliphatic hydroxyl groups is 2. The molecule has 2 N–H and O–H groups in total. The summed E-state index contributed by atoms with van der Waals surface area (Å²) in [6, 6.07) is 0. The molecule has 0 atom stereocenters. The van der Waals surface area contributed by atoms with E-state index in [9.17, 15) is 0 Å². The standard InChI is InChI=1S/C6H15NO2.C2H6/c1-7(4-6-9)3-2-5-8;1-2/h8-9H,2-6H2,1H3;1-2H3. The van der Waals surface area contributed by atoms with Crippen LogP contribution in [0.15, 0.2) is 0 Å². The molecule has 3 nitrogen and oxygen atoms in total. The quantitative estimate of drug-likeness (QED) is 0.613. The van der Waals surface area contributed by atoms with Gasteiger partial charge in [-0.05, 0) is 13.5 Å². The first-order chi connectivity index (χ1) is 5.31. The lowest BCUT2D eigenvalue weighted by molar-refractivity contribution is 0.203. The predicted molar refractivity (Wildman–Crippen MR) is 47.6 cm³/mol.